The van der Waals surface area contributed by atoms with Crippen LogP contribution in [0.4, 0.5) is 0 Å². The second-order valence-electron chi connectivity index (χ2n) is 4.28. The van der Waals surface area contributed by atoms with Crippen LogP contribution in [-0.4, -0.2) is 6.54 Å². The SMILES string of the molecule is CCNC1CCCCc2c(Cl)ccc(Cl)c21. The number of halogens is 2. The molecule has 1 nitrogen and oxygen atoms in total. The van der Waals surface area contributed by atoms with E-state index in [0.717, 1.165) is 29.4 Å². The maximum absolute atomic E-state index is 6.32. The Bertz CT molecular complexity index is 376. The average molecular weight is 258 g/mol. The molecule has 0 saturated carbocycles. The molecule has 2 rings (SSSR count). The van der Waals surface area contributed by atoms with Gasteiger partial charge in [-0.2, -0.15) is 0 Å². The van der Waals surface area contributed by atoms with Crippen molar-refractivity contribution in [2.45, 2.75) is 38.6 Å². The van der Waals surface area contributed by atoms with Gasteiger partial charge >= 0.3 is 0 Å². The van der Waals surface area contributed by atoms with Crippen LogP contribution in [-0.2, 0) is 6.42 Å². The number of hydrogen-bond donors (Lipinski definition) is 1. The summed E-state index contributed by atoms with van der Waals surface area (Å²) in [7, 11) is 0. The van der Waals surface area contributed by atoms with Crippen LogP contribution in [0, 0.1) is 0 Å². The highest BCUT2D eigenvalue weighted by Crippen LogP contribution is 2.37. The minimum atomic E-state index is 0.369. The van der Waals surface area contributed by atoms with Crippen LogP contribution in [0.25, 0.3) is 0 Å². The fraction of sp³-hybridized carbons (Fsp3) is 0.538. The molecule has 0 aliphatic heterocycles. The van der Waals surface area contributed by atoms with E-state index in [4.69, 9.17) is 23.2 Å². The van der Waals surface area contributed by atoms with Gasteiger partial charge in [0.15, 0.2) is 0 Å². The first-order chi connectivity index (χ1) is 7.74. The van der Waals surface area contributed by atoms with Gasteiger partial charge in [-0.25, -0.2) is 0 Å². The number of benzene rings is 1. The first-order valence-corrected chi connectivity index (χ1v) is 6.69. The Labute approximate surface area is 107 Å². The van der Waals surface area contributed by atoms with Crippen molar-refractivity contribution in [2.24, 2.45) is 0 Å². The molecule has 1 unspecified atom stereocenters. The predicted octanol–water partition coefficient (Wildman–Crippen LogP) is 4.37. The minimum absolute atomic E-state index is 0.369. The largest absolute Gasteiger partial charge is 0.310 e. The molecule has 0 bridgehead atoms. The zero-order valence-electron chi connectivity index (χ0n) is 9.52. The van der Waals surface area contributed by atoms with Crippen LogP contribution < -0.4 is 5.32 Å². The molecule has 1 aliphatic rings. The lowest BCUT2D eigenvalue weighted by Gasteiger charge is -2.20. The Morgan fingerprint density at radius 3 is 2.75 bits per heavy atom. The molecule has 88 valence electrons. The Morgan fingerprint density at radius 1 is 1.25 bits per heavy atom. The molecule has 3 heteroatoms. The van der Waals surface area contributed by atoms with E-state index < -0.39 is 0 Å². The average Bonchev–Trinajstić information content (AvgIpc) is 2.48. The number of hydrogen-bond acceptors (Lipinski definition) is 1. The summed E-state index contributed by atoms with van der Waals surface area (Å²) in [5.74, 6) is 0. The Morgan fingerprint density at radius 2 is 2.00 bits per heavy atom. The predicted molar refractivity (Wildman–Crippen MR) is 70.4 cm³/mol. The van der Waals surface area contributed by atoms with E-state index in [0.29, 0.717) is 6.04 Å². The van der Waals surface area contributed by atoms with E-state index in [9.17, 15) is 0 Å². The summed E-state index contributed by atoms with van der Waals surface area (Å²) in [4.78, 5) is 0. The molecule has 1 atom stereocenters. The van der Waals surface area contributed by atoms with Crippen molar-refractivity contribution >= 4 is 23.2 Å². The van der Waals surface area contributed by atoms with Crippen molar-refractivity contribution in [3.8, 4) is 0 Å². The van der Waals surface area contributed by atoms with Crippen molar-refractivity contribution in [3.63, 3.8) is 0 Å². The molecule has 1 N–H and O–H groups in total. The minimum Gasteiger partial charge on any atom is -0.310 e. The molecule has 0 spiro atoms. The van der Waals surface area contributed by atoms with Crippen LogP contribution in [0.2, 0.25) is 10.0 Å². The number of fused-ring (bicyclic) bond motifs is 1. The molecule has 1 aromatic rings. The van der Waals surface area contributed by atoms with Crippen molar-refractivity contribution in [3.05, 3.63) is 33.3 Å². The Kier molecular flexibility index (Phi) is 4.12. The van der Waals surface area contributed by atoms with Crippen molar-refractivity contribution in [1.29, 1.82) is 0 Å². The fourth-order valence-electron chi connectivity index (χ4n) is 2.49. The molecule has 0 aromatic heterocycles. The van der Waals surface area contributed by atoms with Gasteiger partial charge in [0.1, 0.15) is 0 Å². The summed E-state index contributed by atoms with van der Waals surface area (Å²) in [5, 5.41) is 5.22. The highest BCUT2D eigenvalue weighted by atomic mass is 35.5. The van der Waals surface area contributed by atoms with Gasteiger partial charge in [-0.3, -0.25) is 0 Å². The van der Waals surface area contributed by atoms with E-state index in [2.05, 4.69) is 12.2 Å². The number of rotatable bonds is 2. The van der Waals surface area contributed by atoms with Crippen molar-refractivity contribution in [1.82, 2.24) is 5.32 Å². The first kappa shape index (κ1) is 12.2. The molecular formula is C13H17Cl2N. The van der Waals surface area contributed by atoms with E-state index >= 15 is 0 Å². The highest BCUT2D eigenvalue weighted by molar-refractivity contribution is 6.34. The molecule has 1 aromatic carbocycles. The second kappa shape index (κ2) is 5.39. The van der Waals surface area contributed by atoms with Crippen molar-refractivity contribution in [2.75, 3.05) is 6.54 Å². The van der Waals surface area contributed by atoms with Crippen LogP contribution in [0.3, 0.4) is 0 Å². The summed E-state index contributed by atoms with van der Waals surface area (Å²) < 4.78 is 0. The molecule has 0 saturated heterocycles. The van der Waals surface area contributed by atoms with Gasteiger partial charge in [-0.15, -0.1) is 0 Å². The summed E-state index contributed by atoms with van der Waals surface area (Å²) in [5.41, 5.74) is 2.48. The van der Waals surface area contributed by atoms with Gasteiger partial charge in [-0.1, -0.05) is 36.5 Å². The van der Waals surface area contributed by atoms with Crippen LogP contribution >= 0.6 is 23.2 Å². The zero-order valence-corrected chi connectivity index (χ0v) is 11.0. The third-order valence-corrected chi connectivity index (χ3v) is 3.90. The monoisotopic (exact) mass is 257 g/mol. The van der Waals surface area contributed by atoms with E-state index in [1.165, 1.54) is 24.0 Å². The molecule has 16 heavy (non-hydrogen) atoms. The maximum Gasteiger partial charge on any atom is 0.0457 e. The summed E-state index contributed by atoms with van der Waals surface area (Å²) in [6.45, 7) is 3.09. The Hall–Kier alpha value is -0.240. The highest BCUT2D eigenvalue weighted by Gasteiger charge is 2.22. The van der Waals surface area contributed by atoms with Gasteiger partial charge in [0, 0.05) is 16.1 Å². The lowest BCUT2D eigenvalue weighted by Crippen LogP contribution is -2.21. The van der Waals surface area contributed by atoms with Crippen LogP contribution in [0.1, 0.15) is 43.4 Å². The van der Waals surface area contributed by atoms with Gasteiger partial charge in [0.2, 0.25) is 0 Å². The van der Waals surface area contributed by atoms with Crippen LogP contribution in [0.15, 0.2) is 12.1 Å². The fourth-order valence-corrected chi connectivity index (χ4v) is 3.05. The normalized spacial score (nSPS) is 20.3. The summed E-state index contributed by atoms with van der Waals surface area (Å²) >= 11 is 12.6. The van der Waals surface area contributed by atoms with E-state index in [1.807, 2.05) is 12.1 Å². The summed E-state index contributed by atoms with van der Waals surface area (Å²) in [6.07, 6.45) is 4.64. The molecular weight excluding hydrogens is 241 g/mol. The van der Waals surface area contributed by atoms with E-state index in [1.54, 1.807) is 0 Å². The molecule has 0 radical (unpaired) electrons. The van der Waals surface area contributed by atoms with E-state index in [-0.39, 0.29) is 0 Å². The summed E-state index contributed by atoms with van der Waals surface area (Å²) in [6, 6.07) is 4.20. The van der Waals surface area contributed by atoms with Gasteiger partial charge in [0.25, 0.3) is 0 Å². The Balaban J connectivity index is 2.46. The quantitative estimate of drug-likeness (QED) is 0.776. The third-order valence-electron chi connectivity index (χ3n) is 3.22. The lowest BCUT2D eigenvalue weighted by atomic mass is 9.99. The standard InChI is InChI=1S/C13H17Cl2N/c1-2-16-12-6-4-3-5-9-10(14)7-8-11(15)13(9)12/h7-8,12,16H,2-6H2,1H3. The molecule has 0 amide bonds. The molecule has 0 fully saturated rings. The van der Waals surface area contributed by atoms with Gasteiger partial charge in [-0.05, 0) is 49.1 Å². The maximum atomic E-state index is 6.32. The topological polar surface area (TPSA) is 12.0 Å². The zero-order chi connectivity index (χ0) is 11.5. The van der Waals surface area contributed by atoms with Gasteiger partial charge in [0.05, 0.1) is 0 Å². The van der Waals surface area contributed by atoms with Crippen LogP contribution in [0.5, 0.6) is 0 Å². The second-order valence-corrected chi connectivity index (χ2v) is 5.09. The molecule has 0 heterocycles. The van der Waals surface area contributed by atoms with Crippen molar-refractivity contribution < 1.29 is 0 Å². The van der Waals surface area contributed by atoms with Gasteiger partial charge < -0.3 is 5.32 Å². The number of nitrogens with one attached hydrogen (secondary N) is 1. The molecule has 1 aliphatic carbocycles. The smallest absolute Gasteiger partial charge is 0.0457 e. The third kappa shape index (κ3) is 2.37. The first-order valence-electron chi connectivity index (χ1n) is 5.94. The lowest BCUT2D eigenvalue weighted by molar-refractivity contribution is 0.504.